The van der Waals surface area contributed by atoms with Gasteiger partial charge in [-0.15, -0.1) is 5.10 Å². The normalized spacial score (nSPS) is 19.7. The maximum atomic E-state index is 11.1. The van der Waals surface area contributed by atoms with Crippen LogP contribution in [0.25, 0.3) is 0 Å². The van der Waals surface area contributed by atoms with Gasteiger partial charge in [0.05, 0.1) is 24.5 Å². The summed E-state index contributed by atoms with van der Waals surface area (Å²) < 4.78 is 1.77. The Hall–Kier alpha value is -2.94. The molecule has 1 fully saturated rings. The molecule has 0 aliphatic carbocycles. The van der Waals surface area contributed by atoms with Crippen LogP contribution in [0.2, 0.25) is 0 Å². The third-order valence-electron chi connectivity index (χ3n) is 4.77. The fourth-order valence-electron chi connectivity index (χ4n) is 3.37. The summed E-state index contributed by atoms with van der Waals surface area (Å²) in [7, 11) is 0. The Morgan fingerprint density at radius 1 is 1.30 bits per heavy atom. The first-order valence-electron chi connectivity index (χ1n) is 8.85. The summed E-state index contributed by atoms with van der Waals surface area (Å²) in [4.78, 5) is 23.4. The maximum Gasteiger partial charge on any atom is 0.407 e. The number of piperidine rings is 1. The Kier molecular flexibility index (Phi) is 5.70. The van der Waals surface area contributed by atoms with Crippen LogP contribution in [0.1, 0.15) is 30.5 Å². The van der Waals surface area contributed by atoms with Crippen molar-refractivity contribution in [1.29, 1.82) is 0 Å². The topological polar surface area (TPSA) is 121 Å². The number of hydrogen-bond acceptors (Lipinski definition) is 5. The average molecular weight is 373 g/mol. The molecule has 2 aromatic rings. The molecule has 2 unspecified atom stereocenters. The number of amides is 2. The molecule has 1 aliphatic rings. The third-order valence-corrected chi connectivity index (χ3v) is 4.77. The number of likely N-dealkylation sites (tertiary alicyclic amines) is 1. The zero-order chi connectivity index (χ0) is 19.4. The number of aliphatic hydroxyl groups is 1. The second kappa shape index (κ2) is 8.17. The van der Waals surface area contributed by atoms with E-state index in [1.165, 1.54) is 11.8 Å². The maximum absolute atomic E-state index is 11.1. The second-order valence-corrected chi connectivity index (χ2v) is 6.70. The molecule has 2 atom stereocenters. The zero-order valence-corrected chi connectivity index (χ0v) is 15.1. The number of anilines is 1. The Morgan fingerprint density at radius 3 is 2.67 bits per heavy atom. The van der Waals surface area contributed by atoms with Crippen LogP contribution in [0.5, 0.6) is 0 Å². The van der Waals surface area contributed by atoms with Crippen LogP contribution in [0, 0.1) is 0 Å². The molecule has 0 bridgehead atoms. The molecule has 27 heavy (non-hydrogen) atoms. The molecule has 0 radical (unpaired) electrons. The van der Waals surface area contributed by atoms with E-state index in [4.69, 9.17) is 5.11 Å². The number of β-amino-alcohol motifs (C(OH)–C–C–N with tert-alkyl or cyclic N) is 1. The van der Waals surface area contributed by atoms with Gasteiger partial charge < -0.3 is 20.4 Å². The number of nitrogens with zero attached hydrogens (tertiary/aromatic N) is 4. The predicted molar refractivity (Wildman–Crippen MR) is 97.4 cm³/mol. The van der Waals surface area contributed by atoms with Crippen molar-refractivity contribution >= 4 is 17.7 Å². The number of rotatable bonds is 5. The third kappa shape index (κ3) is 4.62. The highest BCUT2D eigenvalue weighted by Gasteiger charge is 2.33. The van der Waals surface area contributed by atoms with Crippen LogP contribution in [0.3, 0.4) is 0 Å². The van der Waals surface area contributed by atoms with Crippen molar-refractivity contribution in [3.63, 3.8) is 0 Å². The summed E-state index contributed by atoms with van der Waals surface area (Å²) in [6, 6.07) is 7.60. The summed E-state index contributed by atoms with van der Waals surface area (Å²) >= 11 is 0. The predicted octanol–water partition coefficient (Wildman–Crippen LogP) is 1.31. The highest BCUT2D eigenvalue weighted by Crippen LogP contribution is 2.28. The fourth-order valence-corrected chi connectivity index (χ4v) is 3.37. The number of aromatic nitrogens is 3. The Bertz CT molecular complexity index is 804. The van der Waals surface area contributed by atoms with E-state index in [9.17, 15) is 14.7 Å². The van der Waals surface area contributed by atoms with Crippen molar-refractivity contribution in [2.75, 3.05) is 18.4 Å². The van der Waals surface area contributed by atoms with Crippen LogP contribution in [-0.4, -0.2) is 61.3 Å². The molecule has 144 valence electrons. The van der Waals surface area contributed by atoms with Gasteiger partial charge in [-0.25, -0.2) is 9.48 Å². The summed E-state index contributed by atoms with van der Waals surface area (Å²) in [5, 5.41) is 30.3. The van der Waals surface area contributed by atoms with Crippen LogP contribution in [-0.2, 0) is 17.8 Å². The molecule has 1 aromatic heterocycles. The van der Waals surface area contributed by atoms with Crippen LogP contribution in [0.15, 0.2) is 30.5 Å². The first-order chi connectivity index (χ1) is 12.9. The first kappa shape index (κ1) is 18.8. The van der Waals surface area contributed by atoms with Crippen molar-refractivity contribution in [3.05, 3.63) is 41.7 Å². The standard InChI is InChI=1S/C18H23N5O4/c1-12(24)20-14-4-2-13(3-5-14)6-9-23-16(10-19-21-23)15-7-8-22(18(26)27)11-17(15)25/h2-5,10,15,17,25H,6-9,11H2,1H3,(H,20,24)(H,26,27). The van der Waals surface area contributed by atoms with E-state index in [2.05, 4.69) is 15.6 Å². The van der Waals surface area contributed by atoms with E-state index in [0.29, 0.717) is 19.5 Å². The van der Waals surface area contributed by atoms with E-state index >= 15 is 0 Å². The number of hydrogen-bond donors (Lipinski definition) is 3. The molecular weight excluding hydrogens is 350 g/mol. The van der Waals surface area contributed by atoms with Crippen molar-refractivity contribution in [2.24, 2.45) is 0 Å². The molecule has 2 amide bonds. The van der Waals surface area contributed by atoms with E-state index in [1.54, 1.807) is 10.9 Å². The molecule has 0 saturated carbocycles. The number of aliphatic hydroxyl groups excluding tert-OH is 1. The van der Waals surface area contributed by atoms with Gasteiger partial charge in [-0.1, -0.05) is 17.3 Å². The number of carboxylic acid groups (broad SMARTS) is 1. The van der Waals surface area contributed by atoms with Gasteiger partial charge in [0.1, 0.15) is 0 Å². The summed E-state index contributed by atoms with van der Waals surface area (Å²) in [5.41, 5.74) is 2.66. The van der Waals surface area contributed by atoms with Gasteiger partial charge in [-0.2, -0.15) is 0 Å². The van der Waals surface area contributed by atoms with Crippen molar-refractivity contribution < 1.29 is 19.8 Å². The van der Waals surface area contributed by atoms with E-state index in [-0.39, 0.29) is 18.4 Å². The van der Waals surface area contributed by atoms with Gasteiger partial charge in [0.15, 0.2) is 0 Å². The molecule has 1 saturated heterocycles. The van der Waals surface area contributed by atoms with E-state index < -0.39 is 12.2 Å². The van der Waals surface area contributed by atoms with Crippen LogP contribution < -0.4 is 5.32 Å². The minimum absolute atomic E-state index is 0.0930. The summed E-state index contributed by atoms with van der Waals surface area (Å²) in [5.74, 6) is -0.291. The molecule has 9 nitrogen and oxygen atoms in total. The average Bonchev–Trinajstić information content (AvgIpc) is 3.08. The molecule has 0 spiro atoms. The van der Waals surface area contributed by atoms with Gasteiger partial charge in [-0.3, -0.25) is 4.79 Å². The lowest BCUT2D eigenvalue weighted by atomic mass is 9.91. The van der Waals surface area contributed by atoms with E-state index in [1.807, 2.05) is 24.3 Å². The fraction of sp³-hybridized carbons (Fsp3) is 0.444. The molecule has 3 N–H and O–H groups in total. The number of nitrogens with one attached hydrogen (secondary N) is 1. The lowest BCUT2D eigenvalue weighted by molar-refractivity contribution is -0.114. The Labute approximate surface area is 156 Å². The number of aryl methyl sites for hydroxylation is 2. The van der Waals surface area contributed by atoms with Gasteiger partial charge in [0.2, 0.25) is 5.91 Å². The smallest absolute Gasteiger partial charge is 0.407 e. The van der Waals surface area contributed by atoms with E-state index in [0.717, 1.165) is 23.4 Å². The quantitative estimate of drug-likeness (QED) is 0.727. The van der Waals surface area contributed by atoms with Gasteiger partial charge in [0.25, 0.3) is 0 Å². The number of carbonyl (C=O) groups excluding carboxylic acids is 1. The van der Waals surface area contributed by atoms with Crippen LogP contribution in [0.4, 0.5) is 10.5 Å². The number of benzene rings is 1. The Balaban J connectivity index is 1.62. The molecule has 9 heteroatoms. The Morgan fingerprint density at radius 2 is 2.04 bits per heavy atom. The minimum atomic E-state index is -1.01. The SMILES string of the molecule is CC(=O)Nc1ccc(CCn2nncc2C2CCN(C(=O)O)CC2O)cc1. The van der Waals surface area contributed by atoms with Crippen LogP contribution >= 0.6 is 0 Å². The van der Waals surface area contributed by atoms with Crippen molar-refractivity contribution in [3.8, 4) is 0 Å². The van der Waals surface area contributed by atoms with Gasteiger partial charge >= 0.3 is 6.09 Å². The molecule has 2 heterocycles. The lowest BCUT2D eigenvalue weighted by Crippen LogP contribution is -2.45. The van der Waals surface area contributed by atoms with Crippen molar-refractivity contribution in [2.45, 2.75) is 38.3 Å². The second-order valence-electron chi connectivity index (χ2n) is 6.70. The first-order valence-corrected chi connectivity index (χ1v) is 8.85. The van der Waals surface area contributed by atoms with Gasteiger partial charge in [0, 0.05) is 31.6 Å². The summed E-state index contributed by atoms with van der Waals surface area (Å²) in [6.07, 6.45) is 1.11. The molecule has 3 rings (SSSR count). The summed E-state index contributed by atoms with van der Waals surface area (Å²) in [6.45, 7) is 2.54. The van der Waals surface area contributed by atoms with Crippen molar-refractivity contribution in [1.82, 2.24) is 19.9 Å². The highest BCUT2D eigenvalue weighted by molar-refractivity contribution is 5.88. The molecule has 1 aliphatic heterocycles. The molecule has 1 aromatic carbocycles. The number of carbonyl (C=O) groups is 2. The zero-order valence-electron chi connectivity index (χ0n) is 15.1. The minimum Gasteiger partial charge on any atom is -0.465 e. The monoisotopic (exact) mass is 373 g/mol. The molecular formula is C18H23N5O4. The highest BCUT2D eigenvalue weighted by atomic mass is 16.4. The lowest BCUT2D eigenvalue weighted by Gasteiger charge is -2.34. The largest absolute Gasteiger partial charge is 0.465 e. The van der Waals surface area contributed by atoms with Gasteiger partial charge in [-0.05, 0) is 30.5 Å².